The number of aryl methyl sites for hydroxylation is 1. The predicted molar refractivity (Wildman–Crippen MR) is 86.8 cm³/mol. The molecule has 0 fully saturated rings. The van der Waals surface area contributed by atoms with Crippen molar-refractivity contribution in [1.29, 1.82) is 0 Å². The van der Waals surface area contributed by atoms with E-state index in [-0.39, 0.29) is 18.0 Å². The number of amides is 2. The third-order valence-electron chi connectivity index (χ3n) is 3.41. The Balaban J connectivity index is 2.15. The maximum Gasteiger partial charge on any atom is 0.251 e. The lowest BCUT2D eigenvalue weighted by Gasteiger charge is -2.18. The highest BCUT2D eigenvalue weighted by Crippen LogP contribution is 2.12. The zero-order valence-corrected chi connectivity index (χ0v) is 13.1. The number of hydrogen-bond acceptors (Lipinski definition) is 3. The lowest BCUT2D eigenvalue weighted by Crippen LogP contribution is -2.41. The molecule has 1 aromatic carbocycles. The number of hydrogen-bond donors (Lipinski definition) is 2. The number of benzene rings is 1. The van der Waals surface area contributed by atoms with Gasteiger partial charge >= 0.3 is 0 Å². The van der Waals surface area contributed by atoms with Crippen LogP contribution in [0.2, 0.25) is 0 Å². The summed E-state index contributed by atoms with van der Waals surface area (Å²) in [6, 6.07) is 11.4. The molecule has 2 aromatic rings. The Morgan fingerprint density at radius 3 is 2.48 bits per heavy atom. The van der Waals surface area contributed by atoms with Gasteiger partial charge in [0.2, 0.25) is 11.8 Å². The Morgan fingerprint density at radius 2 is 1.87 bits per heavy atom. The smallest absolute Gasteiger partial charge is 0.251 e. The third-order valence-corrected chi connectivity index (χ3v) is 3.41. The van der Waals surface area contributed by atoms with Crippen LogP contribution < -0.4 is 16.2 Å². The first kappa shape index (κ1) is 16.5. The summed E-state index contributed by atoms with van der Waals surface area (Å²) in [5.41, 5.74) is 1.26. The number of carbonyl (C=O) groups excluding carboxylic acids is 2. The molecule has 0 saturated heterocycles. The highest BCUT2D eigenvalue weighted by Gasteiger charge is 2.21. The van der Waals surface area contributed by atoms with Crippen molar-refractivity contribution in [1.82, 2.24) is 15.2 Å². The maximum absolute atomic E-state index is 12.2. The van der Waals surface area contributed by atoms with Crippen LogP contribution in [0.5, 0.6) is 0 Å². The summed E-state index contributed by atoms with van der Waals surface area (Å²) < 4.78 is 1.30. The molecule has 0 aliphatic carbocycles. The van der Waals surface area contributed by atoms with E-state index in [1.807, 2.05) is 13.0 Å². The second-order valence-electron chi connectivity index (χ2n) is 5.20. The molecule has 0 radical (unpaired) electrons. The van der Waals surface area contributed by atoms with E-state index in [1.54, 1.807) is 36.5 Å². The minimum absolute atomic E-state index is 0.139. The summed E-state index contributed by atoms with van der Waals surface area (Å²) in [6.45, 7) is 1.67. The molecule has 2 N–H and O–H groups in total. The average molecular weight is 313 g/mol. The van der Waals surface area contributed by atoms with Gasteiger partial charge in [-0.25, -0.2) is 0 Å². The number of carbonyl (C=O) groups is 2. The normalized spacial score (nSPS) is 11.6. The molecule has 120 valence electrons. The molecule has 2 amide bonds. The first-order valence-electron chi connectivity index (χ1n) is 7.24. The van der Waals surface area contributed by atoms with Gasteiger partial charge in [-0.05, 0) is 24.1 Å². The van der Waals surface area contributed by atoms with Crippen molar-refractivity contribution in [3.8, 4) is 0 Å². The highest BCUT2D eigenvalue weighted by molar-refractivity contribution is 5.88. The van der Waals surface area contributed by atoms with E-state index >= 15 is 0 Å². The van der Waals surface area contributed by atoms with Gasteiger partial charge in [-0.15, -0.1) is 0 Å². The van der Waals surface area contributed by atoms with Crippen LogP contribution in [0.1, 0.15) is 17.2 Å². The van der Waals surface area contributed by atoms with Gasteiger partial charge in [0.05, 0.1) is 0 Å². The van der Waals surface area contributed by atoms with Crippen molar-refractivity contribution in [2.24, 2.45) is 0 Å². The SMILES string of the molecule is CNC(=O)[C@H](NC(=O)Cn1ccc(C)cc1=O)c1ccccc1. The van der Waals surface area contributed by atoms with E-state index in [4.69, 9.17) is 0 Å². The molecule has 6 heteroatoms. The molecule has 23 heavy (non-hydrogen) atoms. The molecule has 0 spiro atoms. The molecule has 0 aliphatic rings. The zero-order valence-electron chi connectivity index (χ0n) is 13.1. The molecular formula is C17H19N3O3. The summed E-state index contributed by atoms with van der Waals surface area (Å²) in [7, 11) is 1.51. The largest absolute Gasteiger partial charge is 0.357 e. The van der Waals surface area contributed by atoms with Crippen LogP contribution in [0.4, 0.5) is 0 Å². The van der Waals surface area contributed by atoms with Gasteiger partial charge < -0.3 is 15.2 Å². The van der Waals surface area contributed by atoms with Crippen molar-refractivity contribution < 1.29 is 9.59 Å². The van der Waals surface area contributed by atoms with E-state index in [9.17, 15) is 14.4 Å². The molecule has 0 unspecified atom stereocenters. The highest BCUT2D eigenvalue weighted by atomic mass is 16.2. The lowest BCUT2D eigenvalue weighted by molar-refractivity contribution is -0.129. The molecule has 2 rings (SSSR count). The minimum Gasteiger partial charge on any atom is -0.357 e. The number of rotatable bonds is 5. The maximum atomic E-state index is 12.2. The third kappa shape index (κ3) is 4.29. The van der Waals surface area contributed by atoms with Crippen molar-refractivity contribution in [2.45, 2.75) is 19.5 Å². The van der Waals surface area contributed by atoms with E-state index in [2.05, 4.69) is 10.6 Å². The minimum atomic E-state index is -0.796. The van der Waals surface area contributed by atoms with Gasteiger partial charge in [-0.1, -0.05) is 30.3 Å². The van der Waals surface area contributed by atoms with Crippen molar-refractivity contribution in [2.75, 3.05) is 7.05 Å². The van der Waals surface area contributed by atoms with Gasteiger partial charge in [-0.3, -0.25) is 14.4 Å². The molecule has 1 aromatic heterocycles. The van der Waals surface area contributed by atoms with Crippen LogP contribution in [0.15, 0.2) is 53.5 Å². The number of nitrogens with zero attached hydrogens (tertiary/aromatic N) is 1. The molecule has 0 bridgehead atoms. The lowest BCUT2D eigenvalue weighted by atomic mass is 10.1. The Morgan fingerprint density at radius 1 is 1.17 bits per heavy atom. The number of likely N-dealkylation sites (N-methyl/N-ethyl adjacent to an activating group) is 1. The molecule has 6 nitrogen and oxygen atoms in total. The number of pyridine rings is 1. The second kappa shape index (κ2) is 7.40. The fourth-order valence-corrected chi connectivity index (χ4v) is 2.19. The van der Waals surface area contributed by atoms with Crippen LogP contribution in [-0.2, 0) is 16.1 Å². The first-order chi connectivity index (χ1) is 11.0. The fraction of sp³-hybridized carbons (Fsp3) is 0.235. The summed E-state index contributed by atoms with van der Waals surface area (Å²) >= 11 is 0. The van der Waals surface area contributed by atoms with Crippen molar-refractivity contribution >= 4 is 11.8 Å². The number of aromatic nitrogens is 1. The summed E-state index contributed by atoms with van der Waals surface area (Å²) in [5, 5.41) is 5.19. The van der Waals surface area contributed by atoms with Gasteiger partial charge in [0.1, 0.15) is 12.6 Å². The molecule has 1 atom stereocenters. The Bertz CT molecular complexity index is 753. The quantitative estimate of drug-likeness (QED) is 0.855. The first-order valence-corrected chi connectivity index (χ1v) is 7.24. The molecule has 0 aliphatic heterocycles. The van der Waals surface area contributed by atoms with Crippen LogP contribution in [0.3, 0.4) is 0 Å². The monoisotopic (exact) mass is 313 g/mol. The van der Waals surface area contributed by atoms with E-state index in [1.165, 1.54) is 17.7 Å². The van der Waals surface area contributed by atoms with Crippen molar-refractivity contribution in [3.05, 3.63) is 70.1 Å². The van der Waals surface area contributed by atoms with Gasteiger partial charge in [-0.2, -0.15) is 0 Å². The predicted octanol–water partition coefficient (Wildman–Crippen LogP) is 0.760. The van der Waals surface area contributed by atoms with Crippen LogP contribution in [0.25, 0.3) is 0 Å². The van der Waals surface area contributed by atoms with Gasteiger partial charge in [0, 0.05) is 19.3 Å². The molecular weight excluding hydrogens is 294 g/mol. The molecule has 1 heterocycles. The standard InChI is InChI=1S/C17H19N3O3/c1-12-8-9-20(15(22)10-12)11-14(21)19-16(17(23)18-2)13-6-4-3-5-7-13/h3-10,16H,11H2,1-2H3,(H,18,23)(H,19,21)/t16-/m1/s1. The van der Waals surface area contributed by atoms with E-state index < -0.39 is 11.9 Å². The van der Waals surface area contributed by atoms with Crippen LogP contribution >= 0.6 is 0 Å². The van der Waals surface area contributed by atoms with Gasteiger partial charge in [0.15, 0.2) is 0 Å². The molecule has 0 saturated carbocycles. The van der Waals surface area contributed by atoms with Crippen LogP contribution in [0, 0.1) is 6.92 Å². The fourth-order valence-electron chi connectivity index (χ4n) is 2.19. The van der Waals surface area contributed by atoms with Crippen LogP contribution in [-0.4, -0.2) is 23.4 Å². The van der Waals surface area contributed by atoms with Crippen molar-refractivity contribution in [3.63, 3.8) is 0 Å². The Labute approximate surface area is 134 Å². The zero-order chi connectivity index (χ0) is 16.8. The van der Waals surface area contributed by atoms with E-state index in [0.717, 1.165) is 5.56 Å². The van der Waals surface area contributed by atoms with Gasteiger partial charge in [0.25, 0.3) is 5.56 Å². The summed E-state index contributed by atoms with van der Waals surface area (Å²) in [5.74, 6) is -0.728. The summed E-state index contributed by atoms with van der Waals surface area (Å²) in [4.78, 5) is 36.0. The average Bonchev–Trinajstić information content (AvgIpc) is 2.55. The summed E-state index contributed by atoms with van der Waals surface area (Å²) in [6.07, 6.45) is 1.56. The topological polar surface area (TPSA) is 80.2 Å². The Hall–Kier alpha value is -2.89. The Kier molecular flexibility index (Phi) is 5.30. The van der Waals surface area contributed by atoms with E-state index in [0.29, 0.717) is 5.56 Å². The number of nitrogens with one attached hydrogen (secondary N) is 2. The second-order valence-corrected chi connectivity index (χ2v) is 5.20.